The van der Waals surface area contributed by atoms with Gasteiger partial charge in [-0.3, -0.25) is 9.69 Å². The van der Waals surface area contributed by atoms with Gasteiger partial charge < -0.3 is 19.5 Å². The molecule has 11 heteroatoms. The SMILES string of the molecule is COC(=O)C1c2ccc(OCc3cccc(NC(=O)C(F)(F)F)c3)cc2CCN1C(=O)OCC(C)C. The van der Waals surface area contributed by atoms with Crippen molar-refractivity contribution in [2.45, 2.75) is 39.1 Å². The minimum atomic E-state index is -4.99. The van der Waals surface area contributed by atoms with Crippen molar-refractivity contribution in [3.63, 3.8) is 0 Å². The van der Waals surface area contributed by atoms with E-state index in [1.807, 2.05) is 13.8 Å². The number of nitrogens with zero attached hydrogens (tertiary/aromatic N) is 1. The molecule has 1 heterocycles. The Labute approximate surface area is 206 Å². The van der Waals surface area contributed by atoms with Gasteiger partial charge in [0.05, 0.1) is 13.7 Å². The number of benzene rings is 2. The minimum absolute atomic E-state index is 0.00534. The van der Waals surface area contributed by atoms with E-state index in [1.54, 1.807) is 29.6 Å². The first-order chi connectivity index (χ1) is 17.0. The summed E-state index contributed by atoms with van der Waals surface area (Å²) in [5, 5.41) is 1.80. The van der Waals surface area contributed by atoms with E-state index in [0.29, 0.717) is 23.3 Å². The minimum Gasteiger partial charge on any atom is -0.489 e. The van der Waals surface area contributed by atoms with Crippen molar-refractivity contribution in [2.75, 3.05) is 25.6 Å². The Balaban J connectivity index is 1.72. The fraction of sp³-hybridized carbons (Fsp3) is 0.400. The molecule has 1 aliphatic rings. The van der Waals surface area contributed by atoms with Gasteiger partial charge in [-0.15, -0.1) is 0 Å². The predicted molar refractivity (Wildman–Crippen MR) is 123 cm³/mol. The van der Waals surface area contributed by atoms with Crippen molar-refractivity contribution in [1.29, 1.82) is 0 Å². The third kappa shape index (κ3) is 6.67. The highest BCUT2D eigenvalue weighted by molar-refractivity contribution is 5.94. The van der Waals surface area contributed by atoms with Gasteiger partial charge in [0.25, 0.3) is 0 Å². The van der Waals surface area contributed by atoms with E-state index >= 15 is 0 Å². The molecule has 36 heavy (non-hydrogen) atoms. The molecular weight excluding hydrogens is 481 g/mol. The number of carbonyl (C=O) groups is 3. The van der Waals surface area contributed by atoms with E-state index < -0.39 is 30.2 Å². The summed E-state index contributed by atoms with van der Waals surface area (Å²) in [6.45, 7) is 4.32. The number of carbonyl (C=O) groups excluding carboxylic acids is 3. The van der Waals surface area contributed by atoms with Crippen molar-refractivity contribution in [3.05, 3.63) is 59.2 Å². The Bertz CT molecular complexity index is 1120. The van der Waals surface area contributed by atoms with Gasteiger partial charge in [-0.2, -0.15) is 13.2 Å². The molecule has 0 aromatic heterocycles. The lowest BCUT2D eigenvalue weighted by Crippen LogP contribution is -2.44. The van der Waals surface area contributed by atoms with Crippen LogP contribution in [-0.2, 0) is 32.1 Å². The van der Waals surface area contributed by atoms with Crippen molar-refractivity contribution in [2.24, 2.45) is 5.92 Å². The number of rotatable bonds is 7. The van der Waals surface area contributed by atoms with Gasteiger partial charge in [-0.25, -0.2) is 9.59 Å². The van der Waals surface area contributed by atoms with E-state index in [-0.39, 0.29) is 31.4 Å². The monoisotopic (exact) mass is 508 g/mol. The average molecular weight is 508 g/mol. The van der Waals surface area contributed by atoms with Crippen LogP contribution in [-0.4, -0.2) is 49.3 Å². The van der Waals surface area contributed by atoms with Crippen LogP contribution in [0.5, 0.6) is 5.75 Å². The predicted octanol–water partition coefficient (Wildman–Crippen LogP) is 4.63. The van der Waals surface area contributed by atoms with E-state index in [0.717, 1.165) is 5.56 Å². The summed E-state index contributed by atoms with van der Waals surface area (Å²) in [4.78, 5) is 37.6. The highest BCUT2D eigenvalue weighted by atomic mass is 19.4. The fourth-order valence-corrected chi connectivity index (χ4v) is 3.68. The zero-order chi connectivity index (χ0) is 26.5. The number of hydrogen-bond donors (Lipinski definition) is 1. The van der Waals surface area contributed by atoms with Crippen molar-refractivity contribution < 1.29 is 41.8 Å². The van der Waals surface area contributed by atoms with Gasteiger partial charge in [-0.05, 0) is 53.3 Å². The smallest absolute Gasteiger partial charge is 0.471 e. The van der Waals surface area contributed by atoms with Crippen LogP contribution >= 0.6 is 0 Å². The van der Waals surface area contributed by atoms with Crippen LogP contribution < -0.4 is 10.1 Å². The molecule has 8 nitrogen and oxygen atoms in total. The Kier molecular flexibility index (Phi) is 8.44. The number of esters is 1. The Morgan fingerprint density at radius 2 is 1.89 bits per heavy atom. The molecule has 3 rings (SSSR count). The standard InChI is InChI=1S/C25H27F3N2O6/c1-15(2)13-36-24(33)30-10-9-17-12-19(7-8-20(17)21(30)22(31)34-3)35-14-16-5-4-6-18(11-16)29-23(32)25(26,27)28/h4-8,11-12,15,21H,9-10,13-14H2,1-3H3,(H,29,32). The molecule has 1 unspecified atom stereocenters. The number of hydrogen-bond acceptors (Lipinski definition) is 6. The van der Waals surface area contributed by atoms with Crippen LogP contribution in [0.3, 0.4) is 0 Å². The first kappa shape index (κ1) is 26.8. The third-order valence-electron chi connectivity index (χ3n) is 5.39. The molecule has 2 amide bonds. The topological polar surface area (TPSA) is 94.2 Å². The Morgan fingerprint density at radius 1 is 1.14 bits per heavy atom. The lowest BCUT2D eigenvalue weighted by Gasteiger charge is -2.35. The maximum absolute atomic E-state index is 12.6. The molecular formula is C25H27F3N2O6. The second kappa shape index (κ2) is 11.3. The van der Waals surface area contributed by atoms with E-state index in [2.05, 4.69) is 0 Å². The highest BCUT2D eigenvalue weighted by Gasteiger charge is 2.39. The van der Waals surface area contributed by atoms with Crippen LogP contribution in [0.4, 0.5) is 23.7 Å². The van der Waals surface area contributed by atoms with Crippen LogP contribution in [0.1, 0.15) is 36.6 Å². The number of amides is 2. The first-order valence-electron chi connectivity index (χ1n) is 11.2. The molecule has 0 bridgehead atoms. The second-order valence-electron chi connectivity index (χ2n) is 8.64. The van der Waals surface area contributed by atoms with Gasteiger partial charge in [0.1, 0.15) is 12.4 Å². The molecule has 0 fully saturated rings. The maximum atomic E-state index is 12.6. The van der Waals surface area contributed by atoms with Gasteiger partial charge >= 0.3 is 24.1 Å². The molecule has 0 radical (unpaired) electrons. The normalized spacial score (nSPS) is 15.2. The van der Waals surface area contributed by atoms with Crippen LogP contribution in [0, 0.1) is 5.92 Å². The third-order valence-corrected chi connectivity index (χ3v) is 5.39. The summed E-state index contributed by atoms with van der Waals surface area (Å²) in [5.41, 5.74) is 1.93. The molecule has 0 saturated carbocycles. The zero-order valence-corrected chi connectivity index (χ0v) is 20.1. The average Bonchev–Trinajstić information content (AvgIpc) is 2.84. The highest BCUT2D eigenvalue weighted by Crippen LogP contribution is 2.34. The van der Waals surface area contributed by atoms with Crippen LogP contribution in [0.2, 0.25) is 0 Å². The number of anilines is 1. The molecule has 2 aromatic carbocycles. The Hall–Kier alpha value is -3.76. The van der Waals surface area contributed by atoms with Crippen molar-refractivity contribution >= 4 is 23.7 Å². The van der Waals surface area contributed by atoms with Crippen LogP contribution in [0.25, 0.3) is 0 Å². The van der Waals surface area contributed by atoms with E-state index in [4.69, 9.17) is 14.2 Å². The molecule has 194 valence electrons. The quantitative estimate of drug-likeness (QED) is 0.548. The summed E-state index contributed by atoms with van der Waals surface area (Å²) in [6, 6.07) is 9.98. The summed E-state index contributed by atoms with van der Waals surface area (Å²) < 4.78 is 53.5. The second-order valence-corrected chi connectivity index (χ2v) is 8.64. The van der Waals surface area contributed by atoms with E-state index in [9.17, 15) is 27.6 Å². The van der Waals surface area contributed by atoms with Gasteiger partial charge in [-0.1, -0.05) is 32.0 Å². The molecule has 1 N–H and O–H groups in total. The summed E-state index contributed by atoms with van der Waals surface area (Å²) in [7, 11) is 1.25. The molecule has 1 atom stereocenters. The number of alkyl halides is 3. The number of methoxy groups -OCH3 is 1. The lowest BCUT2D eigenvalue weighted by molar-refractivity contribution is -0.167. The van der Waals surface area contributed by atoms with Gasteiger partial charge in [0, 0.05) is 12.2 Å². The Morgan fingerprint density at radius 3 is 2.56 bits per heavy atom. The number of halogens is 3. The molecule has 0 saturated heterocycles. The van der Waals surface area contributed by atoms with Crippen molar-refractivity contribution in [1.82, 2.24) is 4.90 Å². The number of fused-ring (bicyclic) bond motifs is 1. The number of nitrogens with one attached hydrogen (secondary N) is 1. The van der Waals surface area contributed by atoms with E-state index in [1.165, 1.54) is 30.2 Å². The zero-order valence-electron chi connectivity index (χ0n) is 20.1. The molecule has 0 aliphatic carbocycles. The summed E-state index contributed by atoms with van der Waals surface area (Å²) in [6.07, 6.45) is -5.13. The molecule has 1 aliphatic heterocycles. The lowest BCUT2D eigenvalue weighted by atomic mass is 9.92. The molecule has 2 aromatic rings. The first-order valence-corrected chi connectivity index (χ1v) is 11.2. The maximum Gasteiger partial charge on any atom is 0.471 e. The summed E-state index contributed by atoms with van der Waals surface area (Å²) in [5.74, 6) is -2.04. The van der Waals surface area contributed by atoms with Gasteiger partial charge in [0.15, 0.2) is 6.04 Å². The fourth-order valence-electron chi connectivity index (χ4n) is 3.68. The largest absolute Gasteiger partial charge is 0.489 e. The van der Waals surface area contributed by atoms with Crippen LogP contribution in [0.15, 0.2) is 42.5 Å². The van der Waals surface area contributed by atoms with Crippen molar-refractivity contribution in [3.8, 4) is 5.75 Å². The summed E-state index contributed by atoms with van der Waals surface area (Å²) >= 11 is 0. The molecule has 0 spiro atoms. The number of ether oxygens (including phenoxy) is 3. The van der Waals surface area contributed by atoms with Gasteiger partial charge in [0.2, 0.25) is 0 Å².